The maximum absolute atomic E-state index is 12.2. The van der Waals surface area contributed by atoms with Crippen LogP contribution in [0.2, 0.25) is 0 Å². The van der Waals surface area contributed by atoms with Crippen LogP contribution in [0.5, 0.6) is 0 Å². The van der Waals surface area contributed by atoms with Crippen LogP contribution in [-0.2, 0) is 9.59 Å². The maximum Gasteiger partial charge on any atom is 0.245 e. The van der Waals surface area contributed by atoms with Gasteiger partial charge in [0.15, 0.2) is 0 Å². The summed E-state index contributed by atoms with van der Waals surface area (Å²) in [5.41, 5.74) is 5.10. The van der Waals surface area contributed by atoms with Gasteiger partial charge in [0.1, 0.15) is 0 Å². The van der Waals surface area contributed by atoms with Crippen molar-refractivity contribution in [3.63, 3.8) is 0 Å². The van der Waals surface area contributed by atoms with Gasteiger partial charge in [-0.3, -0.25) is 14.8 Å². The van der Waals surface area contributed by atoms with Crippen molar-refractivity contribution in [2.75, 3.05) is 6.54 Å². The predicted molar refractivity (Wildman–Crippen MR) is 121 cm³/mol. The molecule has 0 radical (unpaired) electrons. The molecule has 0 aromatic heterocycles. The summed E-state index contributed by atoms with van der Waals surface area (Å²) >= 11 is 0. The van der Waals surface area contributed by atoms with E-state index in [9.17, 15) is 14.8 Å². The average Bonchev–Trinajstić information content (AvgIpc) is 2.69. The van der Waals surface area contributed by atoms with Gasteiger partial charge in [0.05, 0.1) is 0 Å². The zero-order valence-corrected chi connectivity index (χ0v) is 19.3. The van der Waals surface area contributed by atoms with Crippen LogP contribution in [-0.4, -0.2) is 28.6 Å². The van der Waals surface area contributed by atoms with Crippen LogP contribution in [0.1, 0.15) is 129 Å². The summed E-state index contributed by atoms with van der Waals surface area (Å²) < 4.78 is 0. The van der Waals surface area contributed by atoms with Crippen molar-refractivity contribution in [3.05, 3.63) is 0 Å². The number of hydrogen-bond donors (Lipinski definition) is 2. The summed E-state index contributed by atoms with van der Waals surface area (Å²) in [5.74, 6) is -0.0535. The van der Waals surface area contributed by atoms with Gasteiger partial charge in [-0.25, -0.2) is 5.06 Å². The van der Waals surface area contributed by atoms with Crippen LogP contribution in [0, 0.1) is 5.92 Å². The highest BCUT2D eigenvalue weighted by Gasteiger charge is 2.15. The summed E-state index contributed by atoms with van der Waals surface area (Å²) in [6.07, 6.45) is 19.9. The Kier molecular flexibility index (Phi) is 19.4. The van der Waals surface area contributed by atoms with Crippen LogP contribution >= 0.6 is 0 Å². The normalized spacial score (nSPS) is 12.1. The molecule has 0 heterocycles. The minimum Gasteiger partial charge on any atom is -0.370 e. The third kappa shape index (κ3) is 18.7. The van der Waals surface area contributed by atoms with Crippen molar-refractivity contribution in [1.82, 2.24) is 5.06 Å². The smallest absolute Gasteiger partial charge is 0.245 e. The molecule has 1 atom stereocenters. The summed E-state index contributed by atoms with van der Waals surface area (Å²) in [6.45, 7) is 4.66. The molecule has 0 saturated carbocycles. The largest absolute Gasteiger partial charge is 0.370 e. The van der Waals surface area contributed by atoms with Gasteiger partial charge in [0.25, 0.3) is 0 Å². The minimum atomic E-state index is -0.400. The lowest BCUT2D eigenvalue weighted by Crippen LogP contribution is -2.29. The Hall–Kier alpha value is -1.10. The molecule has 172 valence electrons. The Morgan fingerprint density at radius 1 is 0.724 bits per heavy atom. The molecule has 0 aliphatic rings. The lowest BCUT2D eigenvalue weighted by Gasteiger charge is -2.19. The molecule has 0 fully saturated rings. The molecule has 0 saturated heterocycles. The van der Waals surface area contributed by atoms with Crippen molar-refractivity contribution in [3.8, 4) is 0 Å². The second-order valence-electron chi connectivity index (χ2n) is 8.60. The first-order valence-electron chi connectivity index (χ1n) is 12.3. The van der Waals surface area contributed by atoms with E-state index in [1.165, 1.54) is 89.9 Å². The Morgan fingerprint density at radius 3 is 1.72 bits per heavy atom. The third-order valence-corrected chi connectivity index (χ3v) is 5.78. The second-order valence-corrected chi connectivity index (χ2v) is 8.60. The lowest BCUT2D eigenvalue weighted by atomic mass is 9.90. The SMILES string of the molecule is CCCCCCCCCCC(CCCCCC)CCC(=O)N(O)CCCC(N)=O. The molecule has 0 aliphatic carbocycles. The molecule has 5 heteroatoms. The number of carbonyl (C=O) groups excluding carboxylic acids is 2. The molecule has 0 aromatic carbocycles. The van der Waals surface area contributed by atoms with Gasteiger partial charge in [0, 0.05) is 19.4 Å². The van der Waals surface area contributed by atoms with Gasteiger partial charge in [-0.15, -0.1) is 0 Å². The van der Waals surface area contributed by atoms with Crippen molar-refractivity contribution >= 4 is 11.8 Å². The van der Waals surface area contributed by atoms with Crippen molar-refractivity contribution in [2.45, 2.75) is 129 Å². The molecular weight excluding hydrogens is 364 g/mol. The van der Waals surface area contributed by atoms with E-state index >= 15 is 0 Å². The van der Waals surface area contributed by atoms with Crippen molar-refractivity contribution < 1.29 is 14.8 Å². The van der Waals surface area contributed by atoms with Gasteiger partial charge in [-0.05, 0) is 18.8 Å². The van der Waals surface area contributed by atoms with Crippen LogP contribution in [0.3, 0.4) is 0 Å². The molecule has 2 amide bonds. The fraction of sp³-hybridized carbons (Fsp3) is 0.917. The van der Waals surface area contributed by atoms with Crippen LogP contribution < -0.4 is 5.73 Å². The van der Waals surface area contributed by atoms with E-state index in [0.29, 0.717) is 18.8 Å². The standard InChI is InChI=1S/C24H48N2O3/c1-3-5-7-9-10-11-12-14-17-22(16-13-8-6-4-2)19-20-24(28)26(29)21-15-18-23(25)27/h22,29H,3-21H2,1-2H3,(H2,25,27). The van der Waals surface area contributed by atoms with Gasteiger partial charge < -0.3 is 5.73 Å². The molecule has 29 heavy (non-hydrogen) atoms. The van der Waals surface area contributed by atoms with E-state index in [2.05, 4.69) is 13.8 Å². The number of rotatable bonds is 21. The monoisotopic (exact) mass is 412 g/mol. The summed E-state index contributed by atoms with van der Waals surface area (Å²) in [7, 11) is 0. The first kappa shape index (κ1) is 27.9. The number of primary amides is 1. The zero-order chi connectivity index (χ0) is 21.7. The quantitative estimate of drug-likeness (QED) is 0.130. The van der Waals surface area contributed by atoms with Crippen molar-refractivity contribution in [1.29, 1.82) is 0 Å². The molecule has 3 N–H and O–H groups in total. The van der Waals surface area contributed by atoms with Gasteiger partial charge in [-0.2, -0.15) is 0 Å². The molecule has 0 spiro atoms. The maximum atomic E-state index is 12.2. The van der Waals surface area contributed by atoms with E-state index in [0.717, 1.165) is 11.5 Å². The van der Waals surface area contributed by atoms with E-state index in [1.807, 2.05) is 0 Å². The highest BCUT2D eigenvalue weighted by atomic mass is 16.5. The van der Waals surface area contributed by atoms with E-state index in [-0.39, 0.29) is 18.9 Å². The average molecular weight is 413 g/mol. The first-order chi connectivity index (χ1) is 14.0. The minimum absolute atomic E-state index is 0.182. The van der Waals surface area contributed by atoms with Crippen molar-refractivity contribution in [2.24, 2.45) is 11.7 Å². The van der Waals surface area contributed by atoms with Crippen LogP contribution in [0.25, 0.3) is 0 Å². The first-order valence-corrected chi connectivity index (χ1v) is 12.3. The number of carbonyl (C=O) groups is 2. The Bertz CT molecular complexity index is 402. The van der Waals surface area contributed by atoms with Gasteiger partial charge >= 0.3 is 0 Å². The summed E-state index contributed by atoms with van der Waals surface area (Å²) in [6, 6.07) is 0. The topological polar surface area (TPSA) is 83.6 Å². The highest BCUT2D eigenvalue weighted by molar-refractivity contribution is 5.75. The molecule has 0 aromatic rings. The summed E-state index contributed by atoms with van der Waals surface area (Å²) in [5, 5.41) is 10.6. The lowest BCUT2D eigenvalue weighted by molar-refractivity contribution is -0.166. The Balaban J connectivity index is 4.10. The van der Waals surface area contributed by atoms with Gasteiger partial charge in [0.2, 0.25) is 11.8 Å². The van der Waals surface area contributed by atoms with E-state index < -0.39 is 5.91 Å². The molecule has 5 nitrogen and oxygen atoms in total. The number of nitrogens with zero attached hydrogens (tertiary/aromatic N) is 1. The highest BCUT2D eigenvalue weighted by Crippen LogP contribution is 2.23. The molecule has 1 unspecified atom stereocenters. The van der Waals surface area contributed by atoms with E-state index in [1.54, 1.807) is 0 Å². The number of hydrogen-bond acceptors (Lipinski definition) is 3. The summed E-state index contributed by atoms with van der Waals surface area (Å²) in [4.78, 5) is 22.9. The molecule has 0 aliphatic heterocycles. The molecular formula is C24H48N2O3. The predicted octanol–water partition coefficient (Wildman–Crippen LogP) is 6.37. The Labute approximate surface area is 179 Å². The third-order valence-electron chi connectivity index (χ3n) is 5.78. The Morgan fingerprint density at radius 2 is 1.21 bits per heavy atom. The van der Waals surface area contributed by atoms with Crippen LogP contribution in [0.15, 0.2) is 0 Å². The fourth-order valence-corrected chi connectivity index (χ4v) is 3.84. The molecule has 0 bridgehead atoms. The number of unbranched alkanes of at least 4 members (excludes halogenated alkanes) is 10. The second kappa shape index (κ2) is 20.2. The van der Waals surface area contributed by atoms with E-state index in [4.69, 9.17) is 5.73 Å². The fourth-order valence-electron chi connectivity index (χ4n) is 3.84. The number of amides is 2. The number of hydroxylamine groups is 2. The zero-order valence-electron chi connectivity index (χ0n) is 19.3. The van der Waals surface area contributed by atoms with Crippen LogP contribution in [0.4, 0.5) is 0 Å². The van der Waals surface area contributed by atoms with Gasteiger partial charge in [-0.1, -0.05) is 104 Å². The number of nitrogens with two attached hydrogens (primary N) is 1. The molecule has 0 rings (SSSR count).